The molecule has 0 bridgehead atoms. The number of para-hydroxylation sites is 1. The number of rotatable bonds is 6. The molecule has 0 saturated carbocycles. The van der Waals surface area contributed by atoms with Gasteiger partial charge in [-0.25, -0.2) is 0 Å². The van der Waals surface area contributed by atoms with Crippen LogP contribution < -0.4 is 9.47 Å². The van der Waals surface area contributed by atoms with E-state index in [0.717, 1.165) is 0 Å². The summed E-state index contributed by atoms with van der Waals surface area (Å²) in [6.45, 7) is 0.0499. The quantitative estimate of drug-likeness (QED) is 0.557. The van der Waals surface area contributed by atoms with Crippen molar-refractivity contribution in [2.75, 3.05) is 6.61 Å². The molecule has 0 aliphatic carbocycles. The summed E-state index contributed by atoms with van der Waals surface area (Å²) in [6, 6.07) is 16.1. The first kappa shape index (κ1) is 15.7. The van der Waals surface area contributed by atoms with Crippen LogP contribution in [0.5, 0.6) is 17.2 Å². The zero-order valence-corrected chi connectivity index (χ0v) is 12.7. The summed E-state index contributed by atoms with van der Waals surface area (Å²) in [5.74, 6) is 1.77. The van der Waals surface area contributed by atoms with Crippen LogP contribution in [0.3, 0.4) is 0 Å². The van der Waals surface area contributed by atoms with Crippen LogP contribution >= 0.6 is 0 Å². The zero-order chi connectivity index (χ0) is 15.1. The van der Waals surface area contributed by atoms with E-state index in [0.29, 0.717) is 17.2 Å². The first-order valence-electron chi connectivity index (χ1n) is 6.19. The Morgan fingerprint density at radius 1 is 0.857 bits per heavy atom. The van der Waals surface area contributed by atoms with E-state index in [1.807, 2.05) is 30.3 Å². The molecule has 2 nitrogen and oxygen atoms in total. The summed E-state index contributed by atoms with van der Waals surface area (Å²) in [6.07, 6.45) is 0. The van der Waals surface area contributed by atoms with Gasteiger partial charge in [-0.05, 0) is 0 Å². The molecule has 0 aliphatic heterocycles. The Morgan fingerprint density at radius 2 is 1.52 bits per heavy atom. The van der Waals surface area contributed by atoms with Crippen LogP contribution in [0.15, 0.2) is 54.6 Å². The molecule has 0 fully saturated rings. The molecule has 0 N–H and O–H groups in total. The Bertz CT molecular complexity index is 558. The summed E-state index contributed by atoms with van der Waals surface area (Å²) in [7, 11) is 0. The van der Waals surface area contributed by atoms with E-state index in [2.05, 4.69) is 0 Å². The monoisotopic (exact) mass is 362 g/mol. The Kier molecular flexibility index (Phi) is 5.53. The summed E-state index contributed by atoms with van der Waals surface area (Å²) in [5, 5.41) is -4.07. The van der Waals surface area contributed by atoms with E-state index in [-0.39, 0.29) is 11.9 Å². The van der Waals surface area contributed by atoms with Gasteiger partial charge in [-0.15, -0.1) is 0 Å². The van der Waals surface area contributed by atoms with Gasteiger partial charge < -0.3 is 0 Å². The molecule has 0 radical (unpaired) electrons. The van der Waals surface area contributed by atoms with Crippen LogP contribution in [0.4, 0.5) is 13.2 Å². The van der Waals surface area contributed by atoms with Crippen molar-refractivity contribution >= 4 is 15.0 Å². The standard InChI is InChI=1S/C15H13F3O2Se/c16-15(17,18)21-10-9-19-13-7-4-8-14(11-13)20-12-5-2-1-3-6-12/h1-8,11H,9-10H2. The fourth-order valence-electron chi connectivity index (χ4n) is 1.57. The van der Waals surface area contributed by atoms with Gasteiger partial charge in [-0.3, -0.25) is 0 Å². The predicted octanol–water partition coefficient (Wildman–Crippen LogP) is 4.50. The van der Waals surface area contributed by atoms with E-state index >= 15 is 0 Å². The number of alkyl halides is 3. The van der Waals surface area contributed by atoms with E-state index in [9.17, 15) is 13.2 Å². The van der Waals surface area contributed by atoms with Gasteiger partial charge in [0, 0.05) is 0 Å². The Labute approximate surface area is 127 Å². The number of hydrogen-bond donors (Lipinski definition) is 0. The molecule has 112 valence electrons. The molecule has 0 amide bonds. The fraction of sp³-hybridized carbons (Fsp3) is 0.200. The zero-order valence-electron chi connectivity index (χ0n) is 11.0. The maximum atomic E-state index is 12.0. The average molecular weight is 361 g/mol. The van der Waals surface area contributed by atoms with Crippen LogP contribution in [0.1, 0.15) is 0 Å². The van der Waals surface area contributed by atoms with Gasteiger partial charge in [0.25, 0.3) is 0 Å². The normalized spacial score (nSPS) is 11.2. The van der Waals surface area contributed by atoms with Gasteiger partial charge in [0.15, 0.2) is 0 Å². The van der Waals surface area contributed by atoms with Crippen molar-refractivity contribution in [1.29, 1.82) is 0 Å². The second-order valence-corrected chi connectivity index (χ2v) is 6.47. The minimum absolute atomic E-state index is 0.000268. The van der Waals surface area contributed by atoms with Crippen LogP contribution in [0.25, 0.3) is 0 Å². The van der Waals surface area contributed by atoms with Crippen molar-refractivity contribution in [3.63, 3.8) is 0 Å². The molecule has 0 unspecified atom stereocenters. The second-order valence-electron chi connectivity index (χ2n) is 4.03. The first-order valence-corrected chi connectivity index (χ1v) is 8.26. The third-order valence-electron chi connectivity index (χ3n) is 2.40. The van der Waals surface area contributed by atoms with Gasteiger partial charge in [0.2, 0.25) is 0 Å². The van der Waals surface area contributed by atoms with Crippen LogP contribution in [0.2, 0.25) is 5.32 Å². The van der Waals surface area contributed by atoms with Crippen molar-refractivity contribution in [2.24, 2.45) is 0 Å². The number of hydrogen-bond acceptors (Lipinski definition) is 2. The van der Waals surface area contributed by atoms with Gasteiger partial charge >= 0.3 is 126 Å². The molecule has 0 saturated heterocycles. The third-order valence-corrected chi connectivity index (χ3v) is 3.87. The van der Waals surface area contributed by atoms with Gasteiger partial charge in [0.1, 0.15) is 0 Å². The van der Waals surface area contributed by atoms with Crippen molar-refractivity contribution in [3.05, 3.63) is 54.6 Å². The van der Waals surface area contributed by atoms with Crippen molar-refractivity contribution in [1.82, 2.24) is 0 Å². The molecule has 2 rings (SSSR count). The van der Waals surface area contributed by atoms with Crippen molar-refractivity contribution < 1.29 is 22.6 Å². The van der Waals surface area contributed by atoms with Crippen LogP contribution in [0, 0.1) is 0 Å². The molecule has 2 aromatic rings. The molecule has 21 heavy (non-hydrogen) atoms. The minimum atomic E-state index is -4.07. The Hall–Kier alpha value is -1.65. The maximum absolute atomic E-state index is 12.0. The number of benzene rings is 2. The SMILES string of the molecule is FC(F)(F)[Se]CCOc1cccc(Oc2ccccc2)c1. The number of ether oxygens (including phenoxy) is 2. The van der Waals surface area contributed by atoms with E-state index in [1.54, 1.807) is 24.3 Å². The molecule has 0 heterocycles. The summed E-state index contributed by atoms with van der Waals surface area (Å²) in [4.78, 5) is 0. The molecular weight excluding hydrogens is 348 g/mol. The summed E-state index contributed by atoms with van der Waals surface area (Å²) >= 11 is -1.40. The average Bonchev–Trinajstić information content (AvgIpc) is 2.44. The molecule has 2 aromatic carbocycles. The molecule has 6 heteroatoms. The van der Waals surface area contributed by atoms with E-state index < -0.39 is 20.0 Å². The van der Waals surface area contributed by atoms with Crippen molar-refractivity contribution in [2.45, 2.75) is 10.4 Å². The second kappa shape index (κ2) is 7.38. The predicted molar refractivity (Wildman–Crippen MR) is 75.1 cm³/mol. The molecule has 0 aromatic heterocycles. The Morgan fingerprint density at radius 3 is 2.24 bits per heavy atom. The Balaban J connectivity index is 1.86. The molecule has 0 atom stereocenters. The molecule has 0 aliphatic rings. The molecule has 0 spiro atoms. The molecular formula is C15H13F3O2Se. The summed E-state index contributed by atoms with van der Waals surface area (Å²) < 4.78 is 47.1. The fourth-order valence-corrected chi connectivity index (χ4v) is 2.40. The van der Waals surface area contributed by atoms with Crippen molar-refractivity contribution in [3.8, 4) is 17.2 Å². The first-order chi connectivity index (χ1) is 10.0. The third kappa shape index (κ3) is 6.10. The van der Waals surface area contributed by atoms with E-state index in [4.69, 9.17) is 9.47 Å². The van der Waals surface area contributed by atoms with Gasteiger partial charge in [-0.1, -0.05) is 0 Å². The van der Waals surface area contributed by atoms with Gasteiger partial charge in [0.05, 0.1) is 0 Å². The topological polar surface area (TPSA) is 18.5 Å². The van der Waals surface area contributed by atoms with Crippen LogP contribution in [-0.2, 0) is 0 Å². The number of halogens is 3. The van der Waals surface area contributed by atoms with Gasteiger partial charge in [-0.2, -0.15) is 0 Å². The van der Waals surface area contributed by atoms with E-state index in [1.165, 1.54) is 0 Å². The van der Waals surface area contributed by atoms with Crippen LogP contribution in [-0.4, -0.2) is 26.6 Å². The summed E-state index contributed by atoms with van der Waals surface area (Å²) in [5.41, 5.74) is 0.